The van der Waals surface area contributed by atoms with Crippen LogP contribution in [0.3, 0.4) is 0 Å². The van der Waals surface area contributed by atoms with Gasteiger partial charge in [-0.2, -0.15) is 0 Å². The third kappa shape index (κ3) is 3.91. The number of carbonyl (C=O) groups excluding carboxylic acids is 2. The highest BCUT2D eigenvalue weighted by Crippen LogP contribution is 2.31. The number of hydrogen-bond acceptors (Lipinski definition) is 5. The molecule has 0 aromatic heterocycles. The van der Waals surface area contributed by atoms with Crippen LogP contribution in [0.1, 0.15) is 13.3 Å². The van der Waals surface area contributed by atoms with Gasteiger partial charge in [0.1, 0.15) is 17.5 Å². The maximum atomic E-state index is 12.7. The average molecular weight is 358 g/mol. The van der Waals surface area contributed by atoms with E-state index in [1.807, 2.05) is 0 Å². The maximum absolute atomic E-state index is 12.7. The molecule has 7 nitrogen and oxygen atoms in total. The summed E-state index contributed by atoms with van der Waals surface area (Å²) in [6, 6.07) is 4.17. The van der Waals surface area contributed by atoms with Crippen molar-refractivity contribution in [1.29, 1.82) is 0 Å². The summed E-state index contributed by atoms with van der Waals surface area (Å²) in [6.07, 6.45) is 0.563. The molecule has 1 aliphatic rings. The van der Waals surface area contributed by atoms with Crippen molar-refractivity contribution in [1.82, 2.24) is 4.90 Å². The summed E-state index contributed by atoms with van der Waals surface area (Å²) in [5.41, 5.74) is 6.31. The molecule has 1 heterocycles. The summed E-state index contributed by atoms with van der Waals surface area (Å²) in [6.45, 7) is 2.14. The first kappa shape index (κ1) is 20.1. The van der Waals surface area contributed by atoms with Crippen molar-refractivity contribution in [3.63, 3.8) is 0 Å². The molecule has 0 saturated carbocycles. The van der Waals surface area contributed by atoms with Crippen LogP contribution in [-0.4, -0.2) is 56.6 Å². The summed E-state index contributed by atoms with van der Waals surface area (Å²) in [4.78, 5) is 27.8. The van der Waals surface area contributed by atoms with Gasteiger partial charge in [-0.3, -0.25) is 9.59 Å². The second-order valence-corrected chi connectivity index (χ2v) is 5.60. The Bertz CT molecular complexity index is 587. The largest absolute Gasteiger partial charge is 0.497 e. The Morgan fingerprint density at radius 3 is 2.29 bits per heavy atom. The molecule has 0 aliphatic carbocycles. The molecule has 0 spiro atoms. The van der Waals surface area contributed by atoms with Crippen LogP contribution in [0.5, 0.6) is 11.5 Å². The number of methoxy groups -OCH3 is 2. The van der Waals surface area contributed by atoms with Crippen molar-refractivity contribution in [3.8, 4) is 11.5 Å². The van der Waals surface area contributed by atoms with E-state index in [0.29, 0.717) is 30.2 Å². The molecule has 24 heavy (non-hydrogen) atoms. The minimum absolute atomic E-state index is 0. The van der Waals surface area contributed by atoms with E-state index < -0.39 is 12.1 Å². The number of halogens is 1. The first-order valence-electron chi connectivity index (χ1n) is 7.45. The van der Waals surface area contributed by atoms with E-state index in [-0.39, 0.29) is 24.2 Å². The minimum atomic E-state index is -0.626. The molecule has 1 aromatic rings. The number of nitrogens with zero attached hydrogens (tertiary/aromatic N) is 2. The van der Waals surface area contributed by atoms with E-state index in [4.69, 9.17) is 15.2 Å². The first-order valence-corrected chi connectivity index (χ1v) is 7.45. The highest BCUT2D eigenvalue weighted by Gasteiger charge is 2.38. The summed E-state index contributed by atoms with van der Waals surface area (Å²) >= 11 is 0. The Morgan fingerprint density at radius 2 is 1.83 bits per heavy atom. The van der Waals surface area contributed by atoms with Gasteiger partial charge in [-0.25, -0.2) is 0 Å². The Hall–Kier alpha value is -1.99. The Kier molecular flexibility index (Phi) is 6.86. The van der Waals surface area contributed by atoms with Crippen LogP contribution in [0.2, 0.25) is 0 Å². The summed E-state index contributed by atoms with van der Waals surface area (Å²) < 4.78 is 10.5. The lowest BCUT2D eigenvalue weighted by Crippen LogP contribution is -2.48. The van der Waals surface area contributed by atoms with Gasteiger partial charge in [-0.15, -0.1) is 12.4 Å². The Balaban J connectivity index is 0.00000288. The van der Waals surface area contributed by atoms with Crippen LogP contribution in [0.25, 0.3) is 0 Å². The third-order valence-electron chi connectivity index (χ3n) is 4.03. The van der Waals surface area contributed by atoms with Crippen LogP contribution in [0, 0.1) is 0 Å². The van der Waals surface area contributed by atoms with Crippen molar-refractivity contribution < 1.29 is 19.1 Å². The van der Waals surface area contributed by atoms with Crippen LogP contribution in [-0.2, 0) is 9.59 Å². The summed E-state index contributed by atoms with van der Waals surface area (Å²) in [5, 5.41) is 0. The molecule has 1 aliphatic heterocycles. The highest BCUT2D eigenvalue weighted by molar-refractivity contribution is 6.01. The first-order chi connectivity index (χ1) is 10.9. The average Bonchev–Trinajstić information content (AvgIpc) is 2.94. The second kappa shape index (κ2) is 8.21. The molecule has 0 bridgehead atoms. The standard InChI is InChI=1S/C16H23N3O4.ClH/c1-10(17)15(20)18(2)14-5-6-19(16(14)21)11-7-12(22-3)9-13(8-11)23-4;/h7-10,14H,5-6,17H2,1-4H3;1H/t10-,14?;/m0./s1. The molecule has 1 saturated heterocycles. The lowest BCUT2D eigenvalue weighted by atomic mass is 10.2. The molecule has 1 fully saturated rings. The van der Waals surface area contributed by atoms with Crippen molar-refractivity contribution in [3.05, 3.63) is 18.2 Å². The SMILES string of the molecule is COc1cc(OC)cc(N2CCC(N(C)C(=O)[C@H](C)N)C2=O)c1.Cl. The fourth-order valence-corrected chi connectivity index (χ4v) is 2.70. The zero-order valence-corrected chi connectivity index (χ0v) is 15.1. The normalized spacial score (nSPS) is 18.0. The van der Waals surface area contributed by atoms with Gasteiger partial charge in [-0.1, -0.05) is 0 Å². The Labute approximate surface area is 148 Å². The van der Waals surface area contributed by atoms with Gasteiger partial charge in [0.05, 0.1) is 25.9 Å². The lowest BCUT2D eigenvalue weighted by Gasteiger charge is -2.25. The number of likely N-dealkylation sites (N-methyl/N-ethyl adjacent to an activating group) is 1. The number of rotatable bonds is 5. The van der Waals surface area contributed by atoms with Crippen LogP contribution < -0.4 is 20.1 Å². The van der Waals surface area contributed by atoms with E-state index in [0.717, 1.165) is 0 Å². The van der Waals surface area contributed by atoms with E-state index in [1.54, 1.807) is 51.3 Å². The summed E-state index contributed by atoms with van der Waals surface area (Å²) in [5.74, 6) is 0.844. The minimum Gasteiger partial charge on any atom is -0.497 e. The number of benzene rings is 1. The number of ether oxygens (including phenoxy) is 2. The lowest BCUT2D eigenvalue weighted by molar-refractivity contribution is -0.137. The molecule has 1 aromatic carbocycles. The van der Waals surface area contributed by atoms with Gasteiger partial charge in [-0.05, 0) is 13.3 Å². The topological polar surface area (TPSA) is 85.1 Å². The van der Waals surface area contributed by atoms with Gasteiger partial charge in [0, 0.05) is 31.8 Å². The molecular formula is C16H24ClN3O4. The number of hydrogen-bond donors (Lipinski definition) is 1. The van der Waals surface area contributed by atoms with Gasteiger partial charge in [0.25, 0.3) is 0 Å². The number of carbonyl (C=O) groups is 2. The fourth-order valence-electron chi connectivity index (χ4n) is 2.70. The van der Waals surface area contributed by atoms with Crippen molar-refractivity contribution in [2.75, 3.05) is 32.7 Å². The molecule has 1 unspecified atom stereocenters. The second-order valence-electron chi connectivity index (χ2n) is 5.60. The van der Waals surface area contributed by atoms with Gasteiger partial charge >= 0.3 is 0 Å². The van der Waals surface area contributed by atoms with Crippen LogP contribution in [0.4, 0.5) is 5.69 Å². The zero-order valence-electron chi connectivity index (χ0n) is 14.3. The van der Waals surface area contributed by atoms with Crippen LogP contribution in [0.15, 0.2) is 18.2 Å². The third-order valence-corrected chi connectivity index (χ3v) is 4.03. The molecule has 8 heteroatoms. The quantitative estimate of drug-likeness (QED) is 0.851. The molecule has 2 amide bonds. The summed E-state index contributed by atoms with van der Waals surface area (Å²) in [7, 11) is 4.73. The molecule has 2 atom stereocenters. The number of anilines is 1. The van der Waals surface area contributed by atoms with E-state index >= 15 is 0 Å². The molecule has 134 valence electrons. The van der Waals surface area contributed by atoms with E-state index in [1.165, 1.54) is 4.90 Å². The van der Waals surface area contributed by atoms with Crippen molar-refractivity contribution >= 4 is 29.9 Å². The zero-order chi connectivity index (χ0) is 17.1. The molecule has 2 rings (SSSR count). The van der Waals surface area contributed by atoms with Gasteiger partial charge in [0.2, 0.25) is 11.8 Å². The molecule has 2 N–H and O–H groups in total. The predicted molar refractivity (Wildman–Crippen MR) is 94.0 cm³/mol. The fraction of sp³-hybridized carbons (Fsp3) is 0.500. The number of amides is 2. The van der Waals surface area contributed by atoms with E-state index in [2.05, 4.69) is 0 Å². The van der Waals surface area contributed by atoms with Crippen molar-refractivity contribution in [2.45, 2.75) is 25.4 Å². The number of nitrogens with two attached hydrogens (primary N) is 1. The molecule has 0 radical (unpaired) electrons. The van der Waals surface area contributed by atoms with Gasteiger partial charge < -0.3 is 25.0 Å². The predicted octanol–water partition coefficient (Wildman–Crippen LogP) is 1.04. The Morgan fingerprint density at radius 1 is 1.29 bits per heavy atom. The smallest absolute Gasteiger partial charge is 0.249 e. The van der Waals surface area contributed by atoms with Crippen LogP contribution >= 0.6 is 12.4 Å². The molecular weight excluding hydrogens is 334 g/mol. The monoisotopic (exact) mass is 357 g/mol. The highest BCUT2D eigenvalue weighted by atomic mass is 35.5. The maximum Gasteiger partial charge on any atom is 0.249 e. The van der Waals surface area contributed by atoms with Crippen molar-refractivity contribution in [2.24, 2.45) is 5.73 Å². The van der Waals surface area contributed by atoms with Gasteiger partial charge in [0.15, 0.2) is 0 Å². The van der Waals surface area contributed by atoms with E-state index in [9.17, 15) is 9.59 Å².